The maximum atomic E-state index is 12.1. The Balaban J connectivity index is 1.55. The predicted octanol–water partition coefficient (Wildman–Crippen LogP) is 5.10. The van der Waals surface area contributed by atoms with E-state index in [1.54, 1.807) is 18.2 Å². The number of rotatable bonds is 7. The van der Waals surface area contributed by atoms with Gasteiger partial charge in [-0.05, 0) is 36.2 Å². The topological polar surface area (TPSA) is 90.7 Å². The molecule has 0 aliphatic rings. The van der Waals surface area contributed by atoms with E-state index in [9.17, 15) is 4.79 Å². The van der Waals surface area contributed by atoms with Crippen LogP contribution in [0.3, 0.4) is 0 Å². The molecular formula is C19H16ClN5OS2. The second-order valence-corrected chi connectivity index (χ2v) is 8.26. The van der Waals surface area contributed by atoms with E-state index in [1.807, 2.05) is 24.3 Å². The molecule has 2 N–H and O–H groups in total. The number of nitrogens with zero attached hydrogens (tertiary/aromatic N) is 3. The number of thioether (sulfide) groups is 1. The molecule has 0 aliphatic carbocycles. The van der Waals surface area contributed by atoms with E-state index in [4.69, 9.17) is 16.9 Å². The molecule has 3 rings (SSSR count). The van der Waals surface area contributed by atoms with Crippen molar-refractivity contribution in [2.75, 3.05) is 16.4 Å². The standard InChI is InChI=1S/C19H16ClN5OS2/c1-2-12-5-3-4-6-16(12)23-18-24-25-19(28-18)27-11-17(26)22-14-8-7-13(10-21)15(20)9-14/h3-9H,2,11H2,1H3,(H,22,26)(H,23,24). The lowest BCUT2D eigenvalue weighted by Crippen LogP contribution is -2.13. The summed E-state index contributed by atoms with van der Waals surface area (Å²) in [6.45, 7) is 2.10. The summed E-state index contributed by atoms with van der Waals surface area (Å²) in [7, 11) is 0. The van der Waals surface area contributed by atoms with E-state index in [0.29, 0.717) is 25.7 Å². The highest BCUT2D eigenvalue weighted by Crippen LogP contribution is 2.29. The fourth-order valence-electron chi connectivity index (χ4n) is 2.39. The highest BCUT2D eigenvalue weighted by Gasteiger charge is 2.10. The summed E-state index contributed by atoms with van der Waals surface area (Å²) in [5.74, 6) is 0.00413. The van der Waals surface area contributed by atoms with Crippen LogP contribution in [0, 0.1) is 11.3 Å². The number of nitrogens with one attached hydrogen (secondary N) is 2. The fourth-order valence-corrected chi connectivity index (χ4v) is 4.18. The highest BCUT2D eigenvalue weighted by atomic mass is 35.5. The number of carbonyl (C=O) groups excluding carboxylic acids is 1. The van der Waals surface area contributed by atoms with Gasteiger partial charge in [-0.3, -0.25) is 4.79 Å². The Hall–Kier alpha value is -2.60. The Kier molecular flexibility index (Phi) is 6.87. The van der Waals surface area contributed by atoms with Crippen molar-refractivity contribution in [2.24, 2.45) is 0 Å². The van der Waals surface area contributed by atoms with Crippen LogP contribution in [-0.2, 0) is 11.2 Å². The van der Waals surface area contributed by atoms with Crippen LogP contribution < -0.4 is 10.6 Å². The van der Waals surface area contributed by atoms with Crippen LogP contribution in [0.25, 0.3) is 0 Å². The molecule has 0 radical (unpaired) electrons. The van der Waals surface area contributed by atoms with Crippen molar-refractivity contribution in [3.05, 3.63) is 58.6 Å². The zero-order valence-corrected chi connectivity index (χ0v) is 17.3. The van der Waals surface area contributed by atoms with Gasteiger partial charge in [0, 0.05) is 11.4 Å². The number of carbonyl (C=O) groups is 1. The zero-order valence-electron chi connectivity index (χ0n) is 14.9. The molecule has 28 heavy (non-hydrogen) atoms. The van der Waals surface area contributed by atoms with Gasteiger partial charge < -0.3 is 10.6 Å². The third-order valence-electron chi connectivity index (χ3n) is 3.75. The second-order valence-electron chi connectivity index (χ2n) is 5.65. The summed E-state index contributed by atoms with van der Waals surface area (Å²) >= 11 is 8.68. The normalized spacial score (nSPS) is 10.3. The first-order valence-corrected chi connectivity index (χ1v) is 10.6. The van der Waals surface area contributed by atoms with Gasteiger partial charge in [-0.25, -0.2) is 0 Å². The summed E-state index contributed by atoms with van der Waals surface area (Å²) in [6, 6.07) is 14.8. The minimum atomic E-state index is -0.188. The number of aromatic nitrogens is 2. The van der Waals surface area contributed by atoms with Gasteiger partial charge in [0.15, 0.2) is 4.34 Å². The molecule has 2 aromatic carbocycles. The number of nitriles is 1. The smallest absolute Gasteiger partial charge is 0.234 e. The average Bonchev–Trinajstić information content (AvgIpc) is 3.14. The maximum Gasteiger partial charge on any atom is 0.234 e. The Morgan fingerprint density at radius 1 is 1.29 bits per heavy atom. The third-order valence-corrected chi connectivity index (χ3v) is 6.03. The zero-order chi connectivity index (χ0) is 19.9. The number of hydrogen-bond donors (Lipinski definition) is 2. The molecule has 0 fully saturated rings. The van der Waals surface area contributed by atoms with Crippen LogP contribution in [0.5, 0.6) is 0 Å². The largest absolute Gasteiger partial charge is 0.330 e. The first kappa shape index (κ1) is 20.1. The number of aryl methyl sites for hydroxylation is 1. The molecule has 0 spiro atoms. The number of hydrogen-bond acceptors (Lipinski definition) is 7. The Morgan fingerprint density at radius 3 is 2.86 bits per heavy atom. The summed E-state index contributed by atoms with van der Waals surface area (Å²) in [5, 5.41) is 24.2. The van der Waals surface area contributed by atoms with Crippen LogP contribution in [0.4, 0.5) is 16.5 Å². The number of amides is 1. The lowest BCUT2D eigenvalue weighted by molar-refractivity contribution is -0.113. The molecule has 0 saturated carbocycles. The van der Waals surface area contributed by atoms with E-state index in [1.165, 1.54) is 28.7 Å². The molecule has 0 aliphatic heterocycles. The monoisotopic (exact) mass is 429 g/mol. The maximum absolute atomic E-state index is 12.1. The van der Waals surface area contributed by atoms with Crippen LogP contribution >= 0.6 is 34.7 Å². The van der Waals surface area contributed by atoms with Crippen molar-refractivity contribution < 1.29 is 4.79 Å². The van der Waals surface area contributed by atoms with Gasteiger partial charge in [0.1, 0.15) is 6.07 Å². The number of halogens is 1. The second kappa shape index (κ2) is 9.55. The highest BCUT2D eigenvalue weighted by molar-refractivity contribution is 8.01. The summed E-state index contributed by atoms with van der Waals surface area (Å²) in [5.41, 5.74) is 3.12. The van der Waals surface area contributed by atoms with E-state index < -0.39 is 0 Å². The van der Waals surface area contributed by atoms with Gasteiger partial charge in [0.25, 0.3) is 0 Å². The molecule has 142 valence electrons. The first-order chi connectivity index (χ1) is 13.6. The summed E-state index contributed by atoms with van der Waals surface area (Å²) < 4.78 is 0.699. The van der Waals surface area contributed by atoms with Crippen molar-refractivity contribution >= 4 is 57.1 Å². The minimum Gasteiger partial charge on any atom is -0.330 e. The average molecular weight is 430 g/mol. The van der Waals surface area contributed by atoms with Crippen molar-refractivity contribution in [2.45, 2.75) is 17.7 Å². The molecule has 0 saturated heterocycles. The fraction of sp³-hybridized carbons (Fsp3) is 0.158. The van der Waals surface area contributed by atoms with Gasteiger partial charge in [-0.1, -0.05) is 59.8 Å². The molecule has 0 unspecified atom stereocenters. The Labute approximate surface area is 175 Å². The van der Waals surface area contributed by atoms with Crippen LogP contribution in [0.15, 0.2) is 46.8 Å². The summed E-state index contributed by atoms with van der Waals surface area (Å²) in [4.78, 5) is 12.1. The van der Waals surface area contributed by atoms with Gasteiger partial charge >= 0.3 is 0 Å². The van der Waals surface area contributed by atoms with Gasteiger partial charge in [-0.2, -0.15) is 5.26 Å². The van der Waals surface area contributed by atoms with E-state index in [-0.39, 0.29) is 11.7 Å². The number of anilines is 3. The Bertz CT molecular complexity index is 1030. The van der Waals surface area contributed by atoms with Crippen molar-refractivity contribution in [1.82, 2.24) is 10.2 Å². The van der Waals surface area contributed by atoms with Gasteiger partial charge in [-0.15, -0.1) is 10.2 Å². The summed E-state index contributed by atoms with van der Waals surface area (Å²) in [6.07, 6.45) is 0.920. The molecule has 9 heteroatoms. The lowest BCUT2D eigenvalue weighted by Gasteiger charge is -2.07. The van der Waals surface area contributed by atoms with Gasteiger partial charge in [0.05, 0.1) is 16.3 Å². The third kappa shape index (κ3) is 5.23. The number of para-hydroxylation sites is 1. The van der Waals surface area contributed by atoms with Crippen molar-refractivity contribution in [3.63, 3.8) is 0 Å². The molecular weight excluding hydrogens is 414 g/mol. The van der Waals surface area contributed by atoms with E-state index in [0.717, 1.165) is 12.1 Å². The SMILES string of the molecule is CCc1ccccc1Nc1nnc(SCC(=O)Nc2ccc(C#N)c(Cl)c2)s1. The van der Waals surface area contributed by atoms with Crippen molar-refractivity contribution in [1.29, 1.82) is 5.26 Å². The molecule has 0 bridgehead atoms. The molecule has 1 aromatic heterocycles. The van der Waals surface area contributed by atoms with Crippen LogP contribution in [-0.4, -0.2) is 21.9 Å². The van der Waals surface area contributed by atoms with Gasteiger partial charge in [0.2, 0.25) is 11.0 Å². The molecule has 0 atom stereocenters. The predicted molar refractivity (Wildman–Crippen MR) is 115 cm³/mol. The van der Waals surface area contributed by atoms with Crippen molar-refractivity contribution in [3.8, 4) is 6.07 Å². The van der Waals surface area contributed by atoms with E-state index >= 15 is 0 Å². The quantitative estimate of drug-likeness (QED) is 0.508. The number of benzene rings is 2. The minimum absolute atomic E-state index is 0.188. The molecule has 1 amide bonds. The molecule has 3 aromatic rings. The molecule has 1 heterocycles. The first-order valence-electron chi connectivity index (χ1n) is 8.39. The van der Waals surface area contributed by atoms with E-state index in [2.05, 4.69) is 33.8 Å². The Morgan fingerprint density at radius 2 is 2.11 bits per heavy atom. The lowest BCUT2D eigenvalue weighted by atomic mass is 10.1. The van der Waals surface area contributed by atoms with Crippen LogP contribution in [0.1, 0.15) is 18.1 Å². The molecule has 6 nitrogen and oxygen atoms in total. The van der Waals surface area contributed by atoms with Crippen LogP contribution in [0.2, 0.25) is 5.02 Å².